The Hall–Kier alpha value is -7.62. The molecule has 0 saturated carbocycles. The fourth-order valence-corrected chi connectivity index (χ4v) is 9.00. The molecule has 57 heavy (non-hydrogen) atoms. The summed E-state index contributed by atoms with van der Waals surface area (Å²) in [4.78, 5) is 0. The lowest BCUT2D eigenvalue weighted by molar-refractivity contribution is 0.669. The highest BCUT2D eigenvalue weighted by Gasteiger charge is 2.17. The maximum atomic E-state index is 6.45. The minimum absolute atomic E-state index is 0.881. The standard InChI is InChI=1S/C54H34N2O/c1-2-10-35(11-3-1)36-18-20-37(21-19-36)38-22-24-39(25-23-38)40-26-29-52-46(32-40)45-14-6-9-17-51(45)56(52)42-28-31-54-48(34-42)47-33-41(27-30-53(47)57-54)55-49-15-7-4-12-43(49)44-13-5-8-16-50(44)55/h1-34H. The zero-order valence-electron chi connectivity index (χ0n) is 30.9. The van der Waals surface area contributed by atoms with Gasteiger partial charge in [-0.2, -0.15) is 0 Å². The molecule has 0 atom stereocenters. The molecule has 0 radical (unpaired) electrons. The van der Waals surface area contributed by atoms with Crippen molar-refractivity contribution >= 4 is 65.6 Å². The fraction of sp³-hybridized carbons (Fsp3) is 0. The van der Waals surface area contributed by atoms with Crippen molar-refractivity contribution in [2.24, 2.45) is 0 Å². The summed E-state index contributed by atoms with van der Waals surface area (Å²) in [6.07, 6.45) is 0. The first kappa shape index (κ1) is 31.7. The van der Waals surface area contributed by atoms with Crippen molar-refractivity contribution in [1.82, 2.24) is 9.13 Å². The van der Waals surface area contributed by atoms with E-state index in [9.17, 15) is 0 Å². The Bertz CT molecular complexity index is 3440. The third-order valence-corrected chi connectivity index (χ3v) is 11.7. The normalized spacial score (nSPS) is 11.9. The maximum Gasteiger partial charge on any atom is 0.135 e. The van der Waals surface area contributed by atoms with Crippen molar-refractivity contribution < 1.29 is 4.42 Å². The van der Waals surface area contributed by atoms with E-state index in [0.717, 1.165) is 33.3 Å². The number of hydrogen-bond acceptors (Lipinski definition) is 1. The molecular weight excluding hydrogens is 693 g/mol. The van der Waals surface area contributed by atoms with Gasteiger partial charge in [-0.15, -0.1) is 0 Å². The van der Waals surface area contributed by atoms with E-state index in [-0.39, 0.29) is 0 Å². The molecule has 0 aliphatic heterocycles. The zero-order chi connectivity index (χ0) is 37.5. The quantitative estimate of drug-likeness (QED) is 0.173. The Labute approximate surface area is 328 Å². The van der Waals surface area contributed by atoms with Crippen LogP contribution in [0.3, 0.4) is 0 Å². The minimum atomic E-state index is 0.881. The molecule has 0 aliphatic rings. The summed E-state index contributed by atoms with van der Waals surface area (Å²) in [6.45, 7) is 0. The average molecular weight is 727 g/mol. The molecule has 0 saturated heterocycles. The lowest BCUT2D eigenvalue weighted by atomic mass is 9.97. The molecule has 12 aromatic rings. The van der Waals surface area contributed by atoms with Crippen LogP contribution in [0.4, 0.5) is 0 Å². The Balaban J connectivity index is 0.941. The highest BCUT2D eigenvalue weighted by atomic mass is 16.3. The lowest BCUT2D eigenvalue weighted by Gasteiger charge is -2.10. The number of hydrogen-bond donors (Lipinski definition) is 0. The Morgan fingerprint density at radius 1 is 0.246 bits per heavy atom. The van der Waals surface area contributed by atoms with E-state index in [0.29, 0.717) is 0 Å². The Morgan fingerprint density at radius 2 is 0.614 bits per heavy atom. The van der Waals surface area contributed by atoms with Gasteiger partial charge in [-0.1, -0.05) is 140 Å². The topological polar surface area (TPSA) is 23.0 Å². The number of furan rings is 1. The highest BCUT2D eigenvalue weighted by Crippen LogP contribution is 2.39. The van der Waals surface area contributed by atoms with Gasteiger partial charge in [0.2, 0.25) is 0 Å². The van der Waals surface area contributed by atoms with Crippen LogP contribution in [0.1, 0.15) is 0 Å². The second-order valence-corrected chi connectivity index (χ2v) is 14.9. The van der Waals surface area contributed by atoms with Gasteiger partial charge in [0.1, 0.15) is 11.2 Å². The van der Waals surface area contributed by atoms with Crippen LogP contribution in [-0.2, 0) is 0 Å². The highest BCUT2D eigenvalue weighted by molar-refractivity contribution is 6.13. The van der Waals surface area contributed by atoms with Gasteiger partial charge in [0, 0.05) is 43.7 Å². The molecular formula is C54H34N2O. The largest absolute Gasteiger partial charge is 0.456 e. The van der Waals surface area contributed by atoms with Gasteiger partial charge in [0.15, 0.2) is 0 Å². The molecule has 0 unspecified atom stereocenters. The molecule has 9 aromatic carbocycles. The van der Waals surface area contributed by atoms with Gasteiger partial charge in [-0.25, -0.2) is 0 Å². The van der Waals surface area contributed by atoms with E-state index in [1.54, 1.807) is 0 Å². The Kier molecular flexibility index (Phi) is 6.93. The summed E-state index contributed by atoms with van der Waals surface area (Å²) in [6, 6.07) is 74.4. The van der Waals surface area contributed by atoms with Gasteiger partial charge in [-0.05, 0) is 100 Å². The third kappa shape index (κ3) is 4.99. The van der Waals surface area contributed by atoms with Crippen LogP contribution in [0.5, 0.6) is 0 Å². The van der Waals surface area contributed by atoms with Gasteiger partial charge >= 0.3 is 0 Å². The van der Waals surface area contributed by atoms with Gasteiger partial charge in [-0.3, -0.25) is 0 Å². The van der Waals surface area contributed by atoms with Crippen molar-refractivity contribution in [3.05, 3.63) is 206 Å². The smallest absolute Gasteiger partial charge is 0.135 e. The summed E-state index contributed by atoms with van der Waals surface area (Å²) in [5.74, 6) is 0. The zero-order valence-corrected chi connectivity index (χ0v) is 30.9. The summed E-state index contributed by atoms with van der Waals surface area (Å²) < 4.78 is 11.2. The average Bonchev–Trinajstić information content (AvgIpc) is 3.94. The van der Waals surface area contributed by atoms with Gasteiger partial charge < -0.3 is 13.6 Å². The molecule has 0 fully saturated rings. The monoisotopic (exact) mass is 726 g/mol. The molecule has 3 heteroatoms. The van der Waals surface area contributed by atoms with E-state index in [1.807, 2.05) is 0 Å². The van der Waals surface area contributed by atoms with Crippen LogP contribution < -0.4 is 0 Å². The molecule has 12 rings (SSSR count). The summed E-state index contributed by atoms with van der Waals surface area (Å²) >= 11 is 0. The molecule has 266 valence electrons. The number of rotatable bonds is 5. The molecule has 0 amide bonds. The lowest BCUT2D eigenvalue weighted by Crippen LogP contribution is -1.94. The minimum Gasteiger partial charge on any atom is -0.456 e. The van der Waals surface area contributed by atoms with Gasteiger partial charge in [0.25, 0.3) is 0 Å². The molecule has 0 aliphatic carbocycles. The second kappa shape index (κ2) is 12.5. The van der Waals surface area contributed by atoms with Crippen LogP contribution >= 0.6 is 0 Å². The molecule has 3 heterocycles. The predicted octanol–water partition coefficient (Wildman–Crippen LogP) is 14.8. The van der Waals surface area contributed by atoms with Crippen molar-refractivity contribution in [1.29, 1.82) is 0 Å². The second-order valence-electron chi connectivity index (χ2n) is 14.9. The fourth-order valence-electron chi connectivity index (χ4n) is 9.00. The SMILES string of the molecule is c1ccc(-c2ccc(-c3ccc(-c4ccc5c(c4)c4ccccc4n5-c4ccc5oc6ccc(-n7c8ccccc8c8ccccc87)cc6c5c4)cc3)cc2)cc1. The van der Waals surface area contributed by atoms with Crippen LogP contribution in [0.15, 0.2) is 211 Å². The third-order valence-electron chi connectivity index (χ3n) is 11.7. The maximum absolute atomic E-state index is 6.45. The number of para-hydroxylation sites is 3. The van der Waals surface area contributed by atoms with Gasteiger partial charge in [0.05, 0.1) is 22.1 Å². The molecule has 0 bridgehead atoms. The molecule has 0 N–H and O–H groups in total. The van der Waals surface area contributed by atoms with Crippen molar-refractivity contribution in [2.45, 2.75) is 0 Å². The number of nitrogens with zero attached hydrogens (tertiary/aromatic N) is 2. The van der Waals surface area contributed by atoms with Crippen molar-refractivity contribution in [2.75, 3.05) is 0 Å². The Morgan fingerprint density at radius 3 is 1.11 bits per heavy atom. The van der Waals surface area contributed by atoms with Crippen LogP contribution in [0.2, 0.25) is 0 Å². The van der Waals surface area contributed by atoms with E-state index in [4.69, 9.17) is 4.42 Å². The summed E-state index contributed by atoms with van der Waals surface area (Å²) in [7, 11) is 0. The first-order valence-corrected chi connectivity index (χ1v) is 19.5. The first-order chi connectivity index (χ1) is 28.2. The molecule has 0 spiro atoms. The van der Waals surface area contributed by atoms with Crippen LogP contribution in [0, 0.1) is 0 Å². The summed E-state index contributed by atoms with van der Waals surface area (Å²) in [5, 5.41) is 7.17. The molecule has 3 aromatic heterocycles. The van der Waals surface area contributed by atoms with Crippen LogP contribution in [0.25, 0.3) is 110 Å². The van der Waals surface area contributed by atoms with E-state index in [1.165, 1.54) is 77.0 Å². The van der Waals surface area contributed by atoms with E-state index < -0.39 is 0 Å². The van der Waals surface area contributed by atoms with E-state index in [2.05, 4.69) is 215 Å². The summed E-state index contributed by atoms with van der Waals surface area (Å²) in [5.41, 5.74) is 16.0. The predicted molar refractivity (Wildman–Crippen MR) is 239 cm³/mol. The number of fused-ring (bicyclic) bond motifs is 9. The van der Waals surface area contributed by atoms with Crippen molar-refractivity contribution in [3.8, 4) is 44.8 Å². The van der Waals surface area contributed by atoms with E-state index >= 15 is 0 Å². The molecule has 3 nitrogen and oxygen atoms in total. The first-order valence-electron chi connectivity index (χ1n) is 19.5. The number of aromatic nitrogens is 2. The van der Waals surface area contributed by atoms with Crippen molar-refractivity contribution in [3.63, 3.8) is 0 Å². The number of benzene rings is 9. The van der Waals surface area contributed by atoms with Crippen LogP contribution in [-0.4, -0.2) is 9.13 Å².